The molecule has 11 heteroatoms. The number of carbonyl (C=O) groups excluding carboxylic acids is 1. The third-order valence-electron chi connectivity index (χ3n) is 4.17. The molecular weight excluding hydrogens is 495 g/mol. The standard InChI is InChI=1S/C17H22F4N4O2.HI/c1-2-27-16(26)25-7-5-13(6-8-25)24-15(22)23-10-11-3-4-12(18)9-14(11)17(19,20)21;/h3-4,9,13H,2,5-8,10H2,1H3,(H3,22,23,24);1H. The number of alkyl halides is 3. The lowest BCUT2D eigenvalue weighted by Gasteiger charge is -2.31. The zero-order valence-electron chi connectivity index (χ0n) is 15.3. The number of ether oxygens (including phenoxy) is 1. The number of halogens is 5. The number of hydrogen-bond acceptors (Lipinski definition) is 3. The minimum absolute atomic E-state index is 0. The number of aliphatic imine (C=N–C) groups is 1. The highest BCUT2D eigenvalue weighted by atomic mass is 127. The van der Waals surface area contributed by atoms with E-state index < -0.39 is 17.6 Å². The molecule has 0 aromatic heterocycles. The Morgan fingerprint density at radius 3 is 2.57 bits per heavy atom. The van der Waals surface area contributed by atoms with Crippen LogP contribution >= 0.6 is 24.0 Å². The van der Waals surface area contributed by atoms with Crippen molar-refractivity contribution in [3.63, 3.8) is 0 Å². The van der Waals surface area contributed by atoms with E-state index in [1.165, 1.54) is 0 Å². The molecule has 1 aromatic rings. The fraction of sp³-hybridized carbons (Fsp3) is 0.529. The van der Waals surface area contributed by atoms with E-state index in [1.54, 1.807) is 11.8 Å². The lowest BCUT2D eigenvalue weighted by atomic mass is 10.1. The first kappa shape index (κ1) is 24.2. The Morgan fingerprint density at radius 1 is 1.36 bits per heavy atom. The van der Waals surface area contributed by atoms with Gasteiger partial charge in [0.25, 0.3) is 0 Å². The van der Waals surface area contributed by atoms with Crippen molar-refractivity contribution in [2.24, 2.45) is 10.7 Å². The summed E-state index contributed by atoms with van der Waals surface area (Å²) in [5.74, 6) is -0.962. The quantitative estimate of drug-likeness (QED) is 0.277. The van der Waals surface area contributed by atoms with Crippen molar-refractivity contribution in [1.82, 2.24) is 10.2 Å². The van der Waals surface area contributed by atoms with Crippen LogP contribution < -0.4 is 11.1 Å². The summed E-state index contributed by atoms with van der Waals surface area (Å²) < 4.78 is 57.0. The molecule has 0 unspecified atom stereocenters. The molecule has 1 aromatic carbocycles. The highest BCUT2D eigenvalue weighted by molar-refractivity contribution is 14.0. The summed E-state index contributed by atoms with van der Waals surface area (Å²) in [4.78, 5) is 17.2. The minimum atomic E-state index is -4.67. The summed E-state index contributed by atoms with van der Waals surface area (Å²) >= 11 is 0. The van der Waals surface area contributed by atoms with Gasteiger partial charge >= 0.3 is 12.3 Å². The molecule has 1 fully saturated rings. The Hall–Kier alpha value is -1.79. The number of carbonyl (C=O) groups is 1. The first-order valence-electron chi connectivity index (χ1n) is 8.54. The summed E-state index contributed by atoms with van der Waals surface area (Å²) in [5, 5.41) is 2.94. The minimum Gasteiger partial charge on any atom is -0.450 e. The third kappa shape index (κ3) is 6.99. The highest BCUT2D eigenvalue weighted by Crippen LogP contribution is 2.32. The zero-order chi connectivity index (χ0) is 20.0. The van der Waals surface area contributed by atoms with Crippen molar-refractivity contribution in [2.45, 2.75) is 38.5 Å². The molecule has 28 heavy (non-hydrogen) atoms. The maximum atomic E-state index is 13.1. The van der Waals surface area contributed by atoms with Crippen LogP contribution in [0.25, 0.3) is 0 Å². The number of likely N-dealkylation sites (tertiary alicyclic amines) is 1. The number of nitrogens with two attached hydrogens (primary N) is 1. The van der Waals surface area contributed by atoms with Crippen molar-refractivity contribution < 1.29 is 27.1 Å². The van der Waals surface area contributed by atoms with Crippen LogP contribution in [0.1, 0.15) is 30.9 Å². The van der Waals surface area contributed by atoms with Gasteiger partial charge in [-0.05, 0) is 37.5 Å². The Labute approximate surface area is 177 Å². The van der Waals surface area contributed by atoms with Gasteiger partial charge in [0.15, 0.2) is 5.96 Å². The number of nitrogens with zero attached hydrogens (tertiary/aromatic N) is 2. The fourth-order valence-corrected chi connectivity index (χ4v) is 2.80. The molecule has 158 valence electrons. The molecule has 6 nitrogen and oxygen atoms in total. The Balaban J connectivity index is 0.00000392. The van der Waals surface area contributed by atoms with Gasteiger partial charge in [-0.15, -0.1) is 24.0 Å². The van der Waals surface area contributed by atoms with E-state index in [1.807, 2.05) is 0 Å². The van der Waals surface area contributed by atoms with Gasteiger partial charge in [0.1, 0.15) is 5.82 Å². The molecule has 3 N–H and O–H groups in total. The zero-order valence-corrected chi connectivity index (χ0v) is 17.6. The molecule has 0 atom stereocenters. The molecule has 1 aliphatic heterocycles. The first-order chi connectivity index (χ1) is 12.7. The molecular formula is C17H23F4IN4O2. The Kier molecular flexibility index (Phi) is 9.24. The molecule has 0 bridgehead atoms. The molecule has 1 saturated heterocycles. The van der Waals surface area contributed by atoms with Crippen molar-refractivity contribution in [2.75, 3.05) is 19.7 Å². The van der Waals surface area contributed by atoms with Crippen LogP contribution in [0, 0.1) is 5.82 Å². The number of guanidine groups is 1. The van der Waals surface area contributed by atoms with Crippen LogP contribution in [0.4, 0.5) is 22.4 Å². The summed E-state index contributed by atoms with van der Waals surface area (Å²) in [7, 11) is 0. The van der Waals surface area contributed by atoms with Crippen LogP contribution in [-0.2, 0) is 17.5 Å². The van der Waals surface area contributed by atoms with Gasteiger partial charge in [-0.1, -0.05) is 6.07 Å². The lowest BCUT2D eigenvalue weighted by molar-refractivity contribution is -0.138. The number of nitrogens with one attached hydrogen (secondary N) is 1. The summed E-state index contributed by atoms with van der Waals surface area (Å²) in [6.07, 6.45) is -3.82. The van der Waals surface area contributed by atoms with Crippen molar-refractivity contribution in [3.8, 4) is 0 Å². The van der Waals surface area contributed by atoms with Crippen molar-refractivity contribution in [3.05, 3.63) is 35.1 Å². The molecule has 0 spiro atoms. The highest BCUT2D eigenvalue weighted by Gasteiger charge is 2.33. The lowest BCUT2D eigenvalue weighted by Crippen LogP contribution is -2.48. The van der Waals surface area contributed by atoms with Gasteiger partial charge in [0.2, 0.25) is 0 Å². The fourth-order valence-electron chi connectivity index (χ4n) is 2.80. The van der Waals surface area contributed by atoms with Crippen LogP contribution in [0.15, 0.2) is 23.2 Å². The second-order valence-corrected chi connectivity index (χ2v) is 6.11. The SMILES string of the molecule is CCOC(=O)N1CCC(NC(N)=NCc2ccc(F)cc2C(F)(F)F)CC1.I. The molecule has 1 heterocycles. The van der Waals surface area contributed by atoms with E-state index in [2.05, 4.69) is 10.3 Å². The average Bonchev–Trinajstić information content (AvgIpc) is 2.60. The number of amides is 1. The van der Waals surface area contributed by atoms with E-state index in [-0.39, 0.29) is 54.2 Å². The van der Waals surface area contributed by atoms with Gasteiger partial charge in [0, 0.05) is 19.1 Å². The number of piperidine rings is 1. The largest absolute Gasteiger partial charge is 0.450 e. The molecule has 0 radical (unpaired) electrons. The number of rotatable bonds is 4. The Bertz CT molecular complexity index is 692. The average molecular weight is 518 g/mol. The van der Waals surface area contributed by atoms with Crippen LogP contribution in [-0.4, -0.2) is 42.7 Å². The van der Waals surface area contributed by atoms with Gasteiger partial charge < -0.3 is 20.7 Å². The molecule has 0 saturated carbocycles. The van der Waals surface area contributed by atoms with Gasteiger partial charge in [-0.3, -0.25) is 0 Å². The van der Waals surface area contributed by atoms with E-state index in [0.717, 1.165) is 12.1 Å². The van der Waals surface area contributed by atoms with Gasteiger partial charge in [0.05, 0.1) is 18.7 Å². The van der Waals surface area contributed by atoms with Crippen molar-refractivity contribution in [1.29, 1.82) is 0 Å². The van der Waals surface area contributed by atoms with E-state index in [0.29, 0.717) is 38.6 Å². The normalized spacial score (nSPS) is 15.8. The van der Waals surface area contributed by atoms with Crippen LogP contribution in [0.5, 0.6) is 0 Å². The van der Waals surface area contributed by atoms with E-state index in [9.17, 15) is 22.4 Å². The maximum Gasteiger partial charge on any atom is 0.416 e. The Morgan fingerprint density at radius 2 is 2.00 bits per heavy atom. The number of benzene rings is 1. The van der Waals surface area contributed by atoms with E-state index >= 15 is 0 Å². The first-order valence-corrected chi connectivity index (χ1v) is 8.54. The monoisotopic (exact) mass is 518 g/mol. The molecule has 1 aliphatic rings. The summed E-state index contributed by atoms with van der Waals surface area (Å²) in [6, 6.07) is 2.40. The predicted octanol–water partition coefficient (Wildman–Crippen LogP) is 3.49. The molecule has 0 aliphatic carbocycles. The number of hydrogen-bond donors (Lipinski definition) is 2. The summed E-state index contributed by atoms with van der Waals surface area (Å²) in [5.41, 5.74) is 4.53. The molecule has 2 rings (SSSR count). The molecule has 1 amide bonds. The van der Waals surface area contributed by atoms with E-state index in [4.69, 9.17) is 10.5 Å². The second kappa shape index (κ2) is 10.7. The third-order valence-corrected chi connectivity index (χ3v) is 4.17. The van der Waals surface area contributed by atoms with Crippen LogP contribution in [0.3, 0.4) is 0 Å². The summed E-state index contributed by atoms with van der Waals surface area (Å²) in [6.45, 7) is 2.68. The van der Waals surface area contributed by atoms with Crippen LogP contribution in [0.2, 0.25) is 0 Å². The second-order valence-electron chi connectivity index (χ2n) is 6.11. The topological polar surface area (TPSA) is 80.0 Å². The predicted molar refractivity (Wildman–Crippen MR) is 107 cm³/mol. The van der Waals surface area contributed by atoms with Crippen molar-refractivity contribution >= 4 is 36.0 Å². The maximum absolute atomic E-state index is 13.1. The van der Waals surface area contributed by atoms with Gasteiger partial charge in [-0.2, -0.15) is 13.2 Å². The smallest absolute Gasteiger partial charge is 0.416 e. The van der Waals surface area contributed by atoms with Gasteiger partial charge in [-0.25, -0.2) is 14.2 Å².